The summed E-state index contributed by atoms with van der Waals surface area (Å²) in [5.41, 5.74) is 2.64. The van der Waals surface area contributed by atoms with Crippen molar-refractivity contribution in [1.29, 1.82) is 0 Å². The van der Waals surface area contributed by atoms with Crippen LogP contribution in [0, 0.1) is 5.92 Å². The molecule has 0 bridgehead atoms. The van der Waals surface area contributed by atoms with Crippen molar-refractivity contribution in [2.45, 2.75) is 38.6 Å². The van der Waals surface area contributed by atoms with Crippen molar-refractivity contribution in [3.05, 3.63) is 72.3 Å². The molecule has 4 rings (SSSR count). The van der Waals surface area contributed by atoms with Gasteiger partial charge >= 0.3 is 0 Å². The Hall–Kier alpha value is -3.15. The third kappa shape index (κ3) is 4.22. The van der Waals surface area contributed by atoms with Gasteiger partial charge < -0.3 is 14.6 Å². The van der Waals surface area contributed by atoms with Gasteiger partial charge in [-0.15, -0.1) is 0 Å². The molecule has 0 aliphatic carbocycles. The minimum absolute atomic E-state index is 0.0179. The van der Waals surface area contributed by atoms with Gasteiger partial charge in [0.05, 0.1) is 29.6 Å². The summed E-state index contributed by atoms with van der Waals surface area (Å²) in [7, 11) is 0. The topological polar surface area (TPSA) is 66.7 Å². The highest BCUT2D eigenvalue weighted by atomic mass is 16.2. The van der Waals surface area contributed by atoms with Crippen molar-refractivity contribution in [2.75, 3.05) is 13.1 Å². The fourth-order valence-corrected chi connectivity index (χ4v) is 4.32. The molecule has 6 nitrogen and oxygen atoms in total. The maximum absolute atomic E-state index is 13.3. The molecule has 0 radical (unpaired) electrons. The molecule has 0 spiro atoms. The number of imidazole rings is 1. The molecule has 6 heteroatoms. The van der Waals surface area contributed by atoms with Crippen molar-refractivity contribution in [1.82, 2.24) is 19.6 Å². The van der Waals surface area contributed by atoms with E-state index in [1.807, 2.05) is 59.7 Å². The van der Waals surface area contributed by atoms with Crippen LogP contribution in [0.15, 0.2) is 61.2 Å². The average molecular weight is 405 g/mol. The highest BCUT2D eigenvalue weighted by Crippen LogP contribution is 2.29. The van der Waals surface area contributed by atoms with Gasteiger partial charge in [0.2, 0.25) is 5.91 Å². The summed E-state index contributed by atoms with van der Waals surface area (Å²) in [6.07, 6.45) is 6.59. The molecular weight excluding hydrogens is 376 g/mol. The number of benzene rings is 1. The first-order valence-electron chi connectivity index (χ1n) is 10.6. The highest BCUT2D eigenvalue weighted by Gasteiger charge is 2.34. The second-order valence-electron chi connectivity index (χ2n) is 8.44. The van der Waals surface area contributed by atoms with E-state index in [1.165, 1.54) is 5.56 Å². The highest BCUT2D eigenvalue weighted by molar-refractivity contribution is 6.00. The molecule has 1 fully saturated rings. The van der Waals surface area contributed by atoms with E-state index in [2.05, 4.69) is 22.4 Å². The fourth-order valence-electron chi connectivity index (χ4n) is 4.32. The second kappa shape index (κ2) is 8.69. The first-order chi connectivity index (χ1) is 14.5. The largest absolute Gasteiger partial charge is 0.351 e. The Bertz CT molecular complexity index is 1030. The summed E-state index contributed by atoms with van der Waals surface area (Å²) < 4.78 is 1.85. The molecule has 156 valence electrons. The predicted molar refractivity (Wildman–Crippen MR) is 116 cm³/mol. The molecule has 3 aromatic rings. The van der Waals surface area contributed by atoms with Crippen LogP contribution in [-0.4, -0.2) is 45.2 Å². The van der Waals surface area contributed by atoms with Crippen molar-refractivity contribution in [3.8, 4) is 0 Å². The first-order valence-corrected chi connectivity index (χ1v) is 10.6. The van der Waals surface area contributed by atoms with Crippen LogP contribution in [-0.2, 0) is 4.79 Å². The number of aromatic nitrogens is 2. The summed E-state index contributed by atoms with van der Waals surface area (Å²) >= 11 is 0. The van der Waals surface area contributed by atoms with Crippen LogP contribution in [0.4, 0.5) is 0 Å². The number of carbonyl (C=O) groups excluding carboxylic acids is 2. The van der Waals surface area contributed by atoms with E-state index in [0.29, 0.717) is 31.0 Å². The van der Waals surface area contributed by atoms with Gasteiger partial charge in [0.25, 0.3) is 5.91 Å². The molecule has 2 aromatic heterocycles. The fraction of sp³-hybridized carbons (Fsp3) is 0.375. The zero-order valence-electron chi connectivity index (χ0n) is 17.5. The van der Waals surface area contributed by atoms with E-state index in [4.69, 9.17) is 0 Å². The van der Waals surface area contributed by atoms with Crippen LogP contribution in [0.5, 0.6) is 0 Å². The third-order valence-electron chi connectivity index (χ3n) is 5.75. The zero-order chi connectivity index (χ0) is 21.1. The Balaban J connectivity index is 1.57. The predicted octanol–water partition coefficient (Wildman–Crippen LogP) is 3.49. The number of hydrogen-bond donors (Lipinski definition) is 1. The maximum Gasteiger partial charge on any atom is 0.256 e. The van der Waals surface area contributed by atoms with Crippen LogP contribution in [0.2, 0.25) is 0 Å². The van der Waals surface area contributed by atoms with Crippen molar-refractivity contribution in [2.24, 2.45) is 5.92 Å². The standard InChI is InChI=1S/C24H28N4O2/c1-17(2)13-23(29)26-21-15-27(12-10-19(21)18-7-4-3-5-8-18)24(30)20-9-6-11-28-16-25-14-22(20)28/h3-9,11,14,16-17,19,21H,10,12-13,15H2,1-2H3,(H,26,29)/t19-,21+/m0/s1. The number of carbonyl (C=O) groups is 2. The number of rotatable bonds is 5. The minimum Gasteiger partial charge on any atom is -0.351 e. The monoisotopic (exact) mass is 404 g/mol. The summed E-state index contributed by atoms with van der Waals surface area (Å²) in [5, 5.41) is 3.22. The molecule has 3 heterocycles. The van der Waals surface area contributed by atoms with Crippen molar-refractivity contribution >= 4 is 17.3 Å². The smallest absolute Gasteiger partial charge is 0.256 e. The summed E-state index contributed by atoms with van der Waals surface area (Å²) in [6, 6.07) is 13.9. The van der Waals surface area contributed by atoms with Crippen molar-refractivity contribution in [3.63, 3.8) is 0 Å². The van der Waals surface area contributed by atoms with E-state index < -0.39 is 0 Å². The molecule has 0 unspecified atom stereocenters. The molecule has 1 aromatic carbocycles. The molecule has 30 heavy (non-hydrogen) atoms. The lowest BCUT2D eigenvalue weighted by Crippen LogP contribution is -2.53. The van der Waals surface area contributed by atoms with E-state index in [-0.39, 0.29) is 23.8 Å². The van der Waals surface area contributed by atoms with Gasteiger partial charge in [-0.2, -0.15) is 0 Å². The summed E-state index contributed by atoms with van der Waals surface area (Å²) in [6.45, 7) is 5.23. The number of likely N-dealkylation sites (tertiary alicyclic amines) is 1. The molecule has 1 saturated heterocycles. The number of pyridine rings is 1. The SMILES string of the molecule is CC(C)CC(=O)N[C@@H]1CN(C(=O)c2cccn3cncc23)CC[C@H]1c1ccccc1. The lowest BCUT2D eigenvalue weighted by Gasteiger charge is -2.39. The van der Waals surface area contributed by atoms with Gasteiger partial charge in [0.1, 0.15) is 0 Å². The van der Waals surface area contributed by atoms with Gasteiger partial charge in [-0.3, -0.25) is 9.59 Å². The van der Waals surface area contributed by atoms with Crippen molar-refractivity contribution < 1.29 is 9.59 Å². The van der Waals surface area contributed by atoms with Crippen LogP contribution in [0.1, 0.15) is 48.5 Å². The number of piperidine rings is 1. The molecule has 2 atom stereocenters. The number of nitrogens with zero attached hydrogens (tertiary/aromatic N) is 3. The number of fused-ring (bicyclic) bond motifs is 1. The normalized spacial score (nSPS) is 19.2. The van der Waals surface area contributed by atoms with Gasteiger partial charge in [-0.05, 0) is 30.0 Å². The molecule has 1 N–H and O–H groups in total. The Kier molecular flexibility index (Phi) is 5.84. The zero-order valence-corrected chi connectivity index (χ0v) is 17.5. The first kappa shape index (κ1) is 20.1. The second-order valence-corrected chi connectivity index (χ2v) is 8.44. The third-order valence-corrected chi connectivity index (χ3v) is 5.75. The Labute approximate surface area is 176 Å². The molecule has 1 aliphatic rings. The lowest BCUT2D eigenvalue weighted by atomic mass is 9.84. The van der Waals surface area contributed by atoms with Crippen LogP contribution in [0.3, 0.4) is 0 Å². The summed E-state index contributed by atoms with van der Waals surface area (Å²) in [4.78, 5) is 31.9. The summed E-state index contributed by atoms with van der Waals surface area (Å²) in [5.74, 6) is 0.511. The maximum atomic E-state index is 13.3. The van der Waals surface area contributed by atoms with E-state index in [1.54, 1.807) is 12.5 Å². The van der Waals surface area contributed by atoms with Gasteiger partial charge in [-0.1, -0.05) is 44.2 Å². The Morgan fingerprint density at radius 1 is 1.17 bits per heavy atom. The lowest BCUT2D eigenvalue weighted by molar-refractivity contribution is -0.123. The van der Waals surface area contributed by atoms with Crippen LogP contribution < -0.4 is 5.32 Å². The average Bonchev–Trinajstić information content (AvgIpc) is 3.22. The molecule has 2 amide bonds. The molecule has 0 saturated carbocycles. The van der Waals surface area contributed by atoms with E-state index in [0.717, 1.165) is 11.9 Å². The quantitative estimate of drug-likeness (QED) is 0.708. The molecular formula is C24H28N4O2. The Morgan fingerprint density at radius 3 is 2.73 bits per heavy atom. The molecule has 1 aliphatic heterocycles. The number of nitrogens with one attached hydrogen (secondary N) is 1. The van der Waals surface area contributed by atoms with Gasteiger partial charge in [-0.25, -0.2) is 4.98 Å². The van der Waals surface area contributed by atoms with E-state index in [9.17, 15) is 9.59 Å². The van der Waals surface area contributed by atoms with Gasteiger partial charge in [0, 0.05) is 31.6 Å². The Morgan fingerprint density at radius 2 is 1.97 bits per heavy atom. The van der Waals surface area contributed by atoms with Crippen LogP contribution in [0.25, 0.3) is 5.52 Å². The van der Waals surface area contributed by atoms with E-state index >= 15 is 0 Å². The minimum atomic E-state index is -0.110. The van der Waals surface area contributed by atoms with Gasteiger partial charge in [0.15, 0.2) is 0 Å². The number of amides is 2. The number of hydrogen-bond acceptors (Lipinski definition) is 3. The van der Waals surface area contributed by atoms with Crippen LogP contribution >= 0.6 is 0 Å².